The van der Waals surface area contributed by atoms with E-state index in [1.165, 1.54) is 44.4 Å². The van der Waals surface area contributed by atoms with Crippen molar-refractivity contribution in [2.24, 2.45) is 5.41 Å². The lowest BCUT2D eigenvalue weighted by Gasteiger charge is -2.36. The average molecular weight is 407 g/mol. The number of Topliss-reactive ketones (excluding diaryl/α,β-unsaturated/α-hetero) is 1. The number of esters is 1. The van der Waals surface area contributed by atoms with Crippen molar-refractivity contribution >= 4 is 17.4 Å². The van der Waals surface area contributed by atoms with Gasteiger partial charge in [-0.3, -0.25) is 9.59 Å². The maximum absolute atomic E-state index is 14.2. The summed E-state index contributed by atoms with van der Waals surface area (Å²) in [5, 5.41) is 2.36. The standard InChI is InChI=1S/C21H20F3NO4/c1-3-29-19(27)20(12-13-6-4-5-7-16(13)17(20)26)18(21(22,23)24)25-14-8-10-15(28-2)11-9-14/h4-11,18,25H,3,12H2,1-2H3. The molecule has 2 aromatic rings. The van der Waals surface area contributed by atoms with E-state index in [0.717, 1.165) is 0 Å². The Morgan fingerprint density at radius 2 is 1.83 bits per heavy atom. The Morgan fingerprint density at radius 3 is 2.38 bits per heavy atom. The van der Waals surface area contributed by atoms with Gasteiger partial charge in [0.1, 0.15) is 11.8 Å². The topological polar surface area (TPSA) is 64.6 Å². The van der Waals surface area contributed by atoms with E-state index in [1.807, 2.05) is 0 Å². The van der Waals surface area contributed by atoms with Gasteiger partial charge in [-0.25, -0.2) is 0 Å². The number of alkyl halides is 3. The molecule has 0 saturated heterocycles. The van der Waals surface area contributed by atoms with Crippen molar-refractivity contribution in [3.63, 3.8) is 0 Å². The molecule has 154 valence electrons. The van der Waals surface area contributed by atoms with Gasteiger partial charge >= 0.3 is 12.1 Å². The lowest BCUT2D eigenvalue weighted by atomic mass is 9.75. The van der Waals surface area contributed by atoms with Crippen molar-refractivity contribution < 1.29 is 32.2 Å². The normalized spacial score (nSPS) is 19.4. The third-order valence-electron chi connectivity index (χ3n) is 5.00. The van der Waals surface area contributed by atoms with Crippen LogP contribution in [-0.4, -0.2) is 37.7 Å². The summed E-state index contributed by atoms with van der Waals surface area (Å²) < 4.78 is 52.6. The number of hydrogen-bond donors (Lipinski definition) is 1. The smallest absolute Gasteiger partial charge is 0.410 e. The zero-order valence-electron chi connectivity index (χ0n) is 15.9. The Labute approximate surface area is 165 Å². The summed E-state index contributed by atoms with van der Waals surface area (Å²) >= 11 is 0. The van der Waals surface area contributed by atoms with Crippen LogP contribution in [0.4, 0.5) is 18.9 Å². The van der Waals surface area contributed by atoms with E-state index in [1.54, 1.807) is 18.2 Å². The first-order valence-corrected chi connectivity index (χ1v) is 9.01. The van der Waals surface area contributed by atoms with Crippen LogP contribution in [0, 0.1) is 5.41 Å². The van der Waals surface area contributed by atoms with E-state index in [4.69, 9.17) is 9.47 Å². The van der Waals surface area contributed by atoms with Crippen LogP contribution in [0.15, 0.2) is 48.5 Å². The van der Waals surface area contributed by atoms with Crippen molar-refractivity contribution in [2.45, 2.75) is 25.6 Å². The molecule has 0 amide bonds. The van der Waals surface area contributed by atoms with Gasteiger partial charge in [-0.1, -0.05) is 24.3 Å². The molecule has 3 rings (SSSR count). The van der Waals surface area contributed by atoms with Gasteiger partial charge < -0.3 is 14.8 Å². The number of carbonyl (C=O) groups is 2. The molecule has 8 heteroatoms. The van der Waals surface area contributed by atoms with E-state index < -0.39 is 35.8 Å². The van der Waals surface area contributed by atoms with Crippen LogP contribution in [0.1, 0.15) is 22.8 Å². The Morgan fingerprint density at radius 1 is 1.17 bits per heavy atom. The Hall–Kier alpha value is -3.03. The average Bonchev–Trinajstić information content (AvgIpc) is 2.99. The number of methoxy groups -OCH3 is 1. The molecule has 0 radical (unpaired) electrons. The van der Waals surface area contributed by atoms with Crippen LogP contribution in [0.25, 0.3) is 0 Å². The first-order chi connectivity index (χ1) is 13.7. The van der Waals surface area contributed by atoms with E-state index in [0.29, 0.717) is 11.3 Å². The highest BCUT2D eigenvalue weighted by Gasteiger charge is 2.65. The number of nitrogens with one attached hydrogen (secondary N) is 1. The number of carbonyl (C=O) groups excluding carboxylic acids is 2. The number of benzene rings is 2. The fraction of sp³-hybridized carbons (Fsp3) is 0.333. The van der Waals surface area contributed by atoms with Gasteiger partial charge in [0.25, 0.3) is 0 Å². The highest BCUT2D eigenvalue weighted by molar-refractivity contribution is 6.17. The van der Waals surface area contributed by atoms with Crippen LogP contribution in [-0.2, 0) is 16.0 Å². The summed E-state index contributed by atoms with van der Waals surface area (Å²) in [6.07, 6.45) is -5.29. The maximum atomic E-state index is 14.2. The molecule has 0 heterocycles. The number of rotatable bonds is 6. The number of hydrogen-bond acceptors (Lipinski definition) is 5. The predicted octanol–water partition coefficient (Wildman–Crippen LogP) is 4.03. The predicted molar refractivity (Wildman–Crippen MR) is 100 cm³/mol. The number of halogens is 3. The Balaban J connectivity index is 2.10. The molecule has 0 saturated carbocycles. The fourth-order valence-corrected chi connectivity index (χ4v) is 3.63. The highest BCUT2D eigenvalue weighted by atomic mass is 19.4. The highest BCUT2D eigenvalue weighted by Crippen LogP contribution is 2.47. The minimum Gasteiger partial charge on any atom is -0.497 e. The van der Waals surface area contributed by atoms with Gasteiger partial charge in [0.15, 0.2) is 11.2 Å². The first-order valence-electron chi connectivity index (χ1n) is 9.01. The van der Waals surface area contributed by atoms with Crippen molar-refractivity contribution in [1.29, 1.82) is 0 Å². The third kappa shape index (κ3) is 3.66. The summed E-state index contributed by atoms with van der Waals surface area (Å²) in [6.45, 7) is 1.34. The molecule has 1 aliphatic carbocycles. The summed E-state index contributed by atoms with van der Waals surface area (Å²) in [5.41, 5.74) is -1.86. The second-order valence-corrected chi connectivity index (χ2v) is 6.70. The largest absolute Gasteiger partial charge is 0.497 e. The molecule has 2 atom stereocenters. The number of anilines is 1. The SMILES string of the molecule is CCOC(=O)C1(C(Nc2ccc(OC)cc2)C(F)(F)F)Cc2ccccc2C1=O. The quantitative estimate of drug-likeness (QED) is 0.579. The monoisotopic (exact) mass is 407 g/mol. The Bertz CT molecular complexity index is 911. The minimum atomic E-state index is -4.90. The van der Waals surface area contributed by atoms with Crippen molar-refractivity contribution in [3.8, 4) is 5.75 Å². The first kappa shape index (κ1) is 20.7. The van der Waals surface area contributed by atoms with E-state index in [2.05, 4.69) is 5.32 Å². The maximum Gasteiger partial charge on any atom is 0.410 e. The Kier molecular flexibility index (Phi) is 5.55. The summed E-state index contributed by atoms with van der Waals surface area (Å²) in [5.74, 6) is -1.62. The molecule has 2 unspecified atom stereocenters. The lowest BCUT2D eigenvalue weighted by molar-refractivity contribution is -0.181. The molecule has 0 bridgehead atoms. The van der Waals surface area contributed by atoms with Crippen molar-refractivity contribution in [3.05, 3.63) is 59.7 Å². The summed E-state index contributed by atoms with van der Waals surface area (Å²) in [4.78, 5) is 26.0. The summed E-state index contributed by atoms with van der Waals surface area (Å²) in [7, 11) is 1.44. The molecule has 0 aliphatic heterocycles. The molecular weight excluding hydrogens is 387 g/mol. The molecule has 0 aromatic heterocycles. The van der Waals surface area contributed by atoms with Crippen LogP contribution in [0.5, 0.6) is 5.75 Å². The van der Waals surface area contributed by atoms with Gasteiger partial charge in [-0.05, 0) is 43.2 Å². The minimum absolute atomic E-state index is 0.0977. The van der Waals surface area contributed by atoms with E-state index in [9.17, 15) is 22.8 Å². The zero-order valence-corrected chi connectivity index (χ0v) is 15.9. The van der Waals surface area contributed by atoms with Crippen LogP contribution >= 0.6 is 0 Å². The number of ketones is 1. The van der Waals surface area contributed by atoms with E-state index >= 15 is 0 Å². The van der Waals surface area contributed by atoms with Crippen molar-refractivity contribution in [2.75, 3.05) is 19.0 Å². The van der Waals surface area contributed by atoms with Gasteiger partial charge in [-0.15, -0.1) is 0 Å². The summed E-state index contributed by atoms with van der Waals surface area (Å²) in [6, 6.07) is 9.43. The van der Waals surface area contributed by atoms with Crippen LogP contribution < -0.4 is 10.1 Å². The third-order valence-corrected chi connectivity index (χ3v) is 5.00. The molecule has 0 fully saturated rings. The van der Waals surface area contributed by atoms with Crippen molar-refractivity contribution in [1.82, 2.24) is 0 Å². The van der Waals surface area contributed by atoms with Gasteiger partial charge in [0.2, 0.25) is 0 Å². The zero-order chi connectivity index (χ0) is 21.2. The number of ether oxygens (including phenoxy) is 2. The van der Waals surface area contributed by atoms with Gasteiger partial charge in [0, 0.05) is 11.3 Å². The molecule has 29 heavy (non-hydrogen) atoms. The van der Waals surface area contributed by atoms with Crippen LogP contribution in [0.3, 0.4) is 0 Å². The van der Waals surface area contributed by atoms with E-state index in [-0.39, 0.29) is 17.9 Å². The van der Waals surface area contributed by atoms with Gasteiger partial charge in [-0.2, -0.15) is 13.2 Å². The molecular formula is C21H20F3NO4. The molecule has 0 spiro atoms. The molecule has 1 N–H and O–H groups in total. The molecule has 5 nitrogen and oxygen atoms in total. The number of fused-ring (bicyclic) bond motifs is 1. The van der Waals surface area contributed by atoms with Crippen LogP contribution in [0.2, 0.25) is 0 Å². The fourth-order valence-electron chi connectivity index (χ4n) is 3.63. The van der Waals surface area contributed by atoms with Gasteiger partial charge in [0.05, 0.1) is 13.7 Å². The lowest BCUT2D eigenvalue weighted by Crippen LogP contribution is -2.58. The second kappa shape index (κ2) is 7.77. The molecule has 1 aliphatic rings. The molecule has 2 aromatic carbocycles. The second-order valence-electron chi connectivity index (χ2n) is 6.70.